The summed E-state index contributed by atoms with van der Waals surface area (Å²) in [6.45, 7) is 2.26. The Morgan fingerprint density at radius 1 is 0.676 bits per heavy atom. The smallest absolute Gasteiger partial charge is 0.243 e. The molecule has 0 unspecified atom stereocenters. The van der Waals surface area contributed by atoms with Crippen molar-refractivity contribution in [2.24, 2.45) is 17.2 Å². The lowest BCUT2D eigenvalue weighted by molar-refractivity contribution is -0.135. The molecule has 0 spiro atoms. The molecular weight excluding hydrogens is 889 g/mol. The number of nitrogens with two attached hydrogens (primary N) is 3. The standard InChI is InChI=1S/C42H68N16O10/c1-24(59)48-18-7-15-30-38(66)58-32(22-26-10-4-3-5-11-26)40(68)55-28(13-8-20-50-41(44)45)36(64)52-23-34(62)54-27(35(43)63)12-6-19-49-33(61)17-16-31(39(67)56-30)57-37(65)29(53-25(2)60)14-9-21-51-42(46)47/h3-5,10-11,27-32H,6-9,12-23H2,1-2H3,(H2,43,63)(H,48,59)(H,49,61)(H,52,64)(H,53,60)(H,54,62)(H,55,68)(H,56,67)(H,57,65)(H,58,66)(H4,44,45,50)(H4,46,47,51)/t27-,28-,29-,30-,31-,32+/m0/s1. The molecule has 0 bridgehead atoms. The summed E-state index contributed by atoms with van der Waals surface area (Å²) in [7, 11) is 0. The lowest BCUT2D eigenvalue weighted by Crippen LogP contribution is -2.59. The van der Waals surface area contributed by atoms with E-state index in [0.717, 1.165) is 0 Å². The van der Waals surface area contributed by atoms with Crippen LogP contribution in [0, 0.1) is 10.8 Å². The van der Waals surface area contributed by atoms with Crippen LogP contribution in [0.5, 0.6) is 0 Å². The molecule has 2 rings (SSSR count). The molecule has 1 aliphatic rings. The Hall–Kier alpha value is -7.54. The van der Waals surface area contributed by atoms with E-state index in [9.17, 15) is 47.9 Å². The lowest BCUT2D eigenvalue weighted by Gasteiger charge is -2.27. The second kappa shape index (κ2) is 30.6. The molecule has 0 aromatic heterocycles. The van der Waals surface area contributed by atoms with Crippen LogP contribution in [-0.2, 0) is 54.4 Å². The second-order valence-electron chi connectivity index (χ2n) is 16.0. The van der Waals surface area contributed by atoms with Gasteiger partial charge in [0.25, 0.3) is 0 Å². The van der Waals surface area contributed by atoms with Gasteiger partial charge in [0, 0.05) is 52.9 Å². The van der Waals surface area contributed by atoms with Crippen molar-refractivity contribution < 1.29 is 47.9 Å². The number of carbonyl (C=O) groups excluding carboxylic acids is 10. The van der Waals surface area contributed by atoms with Gasteiger partial charge in [0.2, 0.25) is 59.1 Å². The topological polar surface area (TPSA) is 429 Å². The molecule has 1 aromatic carbocycles. The van der Waals surface area contributed by atoms with E-state index in [-0.39, 0.29) is 115 Å². The largest absolute Gasteiger partial charge is 0.370 e. The molecule has 0 aliphatic carbocycles. The molecule has 10 amide bonds. The minimum atomic E-state index is -1.48. The first-order valence-electron chi connectivity index (χ1n) is 22.3. The number of primary amides is 1. The summed E-state index contributed by atoms with van der Waals surface area (Å²) in [4.78, 5) is 132. The van der Waals surface area contributed by atoms with Gasteiger partial charge in [-0.15, -0.1) is 0 Å². The van der Waals surface area contributed by atoms with Gasteiger partial charge in [-0.1, -0.05) is 30.3 Å². The Morgan fingerprint density at radius 3 is 1.85 bits per heavy atom. The van der Waals surface area contributed by atoms with Gasteiger partial charge in [-0.25, -0.2) is 0 Å². The molecule has 1 fully saturated rings. The second-order valence-corrected chi connectivity index (χ2v) is 16.0. The Bertz CT molecular complexity index is 1940. The van der Waals surface area contributed by atoms with Gasteiger partial charge in [0.1, 0.15) is 36.3 Å². The molecule has 0 radical (unpaired) electrons. The molecule has 68 heavy (non-hydrogen) atoms. The van der Waals surface area contributed by atoms with Gasteiger partial charge >= 0.3 is 0 Å². The number of guanidine groups is 2. The van der Waals surface area contributed by atoms with E-state index in [1.54, 1.807) is 30.3 Å². The first kappa shape index (κ1) is 56.6. The van der Waals surface area contributed by atoms with Crippen molar-refractivity contribution in [2.45, 2.75) is 121 Å². The lowest BCUT2D eigenvalue weighted by atomic mass is 10.0. The van der Waals surface area contributed by atoms with Crippen LogP contribution in [0.3, 0.4) is 0 Å². The normalized spacial score (nSPS) is 20.8. The minimum Gasteiger partial charge on any atom is -0.370 e. The monoisotopic (exact) mass is 957 g/mol. The molecule has 6 atom stereocenters. The van der Waals surface area contributed by atoms with E-state index in [2.05, 4.69) is 58.5 Å². The van der Waals surface area contributed by atoms with Crippen LogP contribution >= 0.6 is 0 Å². The SMILES string of the molecule is CC(=O)NCCC[C@@H]1NC(=O)[C@@H](NC(=O)[C@H](CCCNC(=N)N)NC(C)=O)CCC(=O)NCCC[C@@H](C(N)=O)NC(=O)CNC(=O)[C@H](CCCNC(=N)N)NC(=O)[C@@H](Cc2ccccc2)NC1=O. The third kappa shape index (κ3) is 23.6. The summed E-state index contributed by atoms with van der Waals surface area (Å²) in [5, 5.41) is 43.3. The van der Waals surface area contributed by atoms with E-state index in [0.29, 0.717) is 5.56 Å². The van der Waals surface area contributed by atoms with E-state index >= 15 is 0 Å². The molecule has 0 saturated carbocycles. The molecular formula is C42H68N16O10. The number of rotatable bonds is 18. The highest BCUT2D eigenvalue weighted by Gasteiger charge is 2.33. The van der Waals surface area contributed by atoms with Crippen LogP contribution < -0.4 is 75.7 Å². The zero-order chi connectivity index (χ0) is 50.6. The van der Waals surface area contributed by atoms with Crippen molar-refractivity contribution in [2.75, 3.05) is 32.7 Å². The fraction of sp³-hybridized carbons (Fsp3) is 0.571. The first-order valence-corrected chi connectivity index (χ1v) is 22.3. The average molecular weight is 957 g/mol. The van der Waals surface area contributed by atoms with Crippen LogP contribution in [0.4, 0.5) is 0 Å². The quantitative estimate of drug-likeness (QED) is 0.0372. The third-order valence-corrected chi connectivity index (χ3v) is 10.3. The molecule has 19 N–H and O–H groups in total. The van der Waals surface area contributed by atoms with Crippen molar-refractivity contribution in [1.29, 1.82) is 10.8 Å². The summed E-state index contributed by atoms with van der Waals surface area (Å²) in [6, 6.07) is 0.591. The molecule has 376 valence electrons. The number of carbonyl (C=O) groups is 10. The Balaban J connectivity index is 2.63. The number of hydrogen-bond acceptors (Lipinski definition) is 12. The molecule has 1 aliphatic heterocycles. The van der Waals surface area contributed by atoms with E-state index < -0.39 is 96.0 Å². The molecule has 26 heteroatoms. The van der Waals surface area contributed by atoms with E-state index in [4.69, 9.17) is 28.0 Å². The van der Waals surface area contributed by atoms with Crippen molar-refractivity contribution in [1.82, 2.24) is 58.5 Å². The number of amides is 10. The minimum absolute atomic E-state index is 0.00208. The summed E-state index contributed by atoms with van der Waals surface area (Å²) < 4.78 is 0. The molecule has 1 heterocycles. The predicted molar refractivity (Wildman–Crippen MR) is 247 cm³/mol. The summed E-state index contributed by atoms with van der Waals surface area (Å²) >= 11 is 0. The van der Waals surface area contributed by atoms with Crippen molar-refractivity contribution >= 4 is 71.0 Å². The zero-order valence-electron chi connectivity index (χ0n) is 38.5. The van der Waals surface area contributed by atoms with Gasteiger partial charge in [-0.3, -0.25) is 58.8 Å². The highest BCUT2D eigenvalue weighted by Crippen LogP contribution is 2.10. The maximum Gasteiger partial charge on any atom is 0.243 e. The molecule has 26 nitrogen and oxygen atoms in total. The Kier molecular flexibility index (Phi) is 25.5. The Labute approximate surface area is 394 Å². The molecule has 1 saturated heterocycles. The van der Waals surface area contributed by atoms with Gasteiger partial charge in [0.15, 0.2) is 11.9 Å². The predicted octanol–water partition coefficient (Wildman–Crippen LogP) is -5.11. The van der Waals surface area contributed by atoms with E-state index in [1.165, 1.54) is 13.8 Å². The van der Waals surface area contributed by atoms with E-state index in [1.807, 2.05) is 0 Å². The summed E-state index contributed by atoms with van der Waals surface area (Å²) in [6.07, 6.45) is -0.121. The highest BCUT2D eigenvalue weighted by molar-refractivity contribution is 5.97. The van der Waals surface area contributed by atoms with Gasteiger partial charge < -0.3 is 75.7 Å². The van der Waals surface area contributed by atoms with Gasteiger partial charge in [-0.2, -0.15) is 0 Å². The van der Waals surface area contributed by atoms with Gasteiger partial charge in [-0.05, 0) is 63.4 Å². The first-order chi connectivity index (χ1) is 32.2. The van der Waals surface area contributed by atoms with Gasteiger partial charge in [0.05, 0.1) is 6.54 Å². The van der Waals surface area contributed by atoms with Crippen LogP contribution in [0.15, 0.2) is 30.3 Å². The van der Waals surface area contributed by atoms with Crippen molar-refractivity contribution in [3.63, 3.8) is 0 Å². The average Bonchev–Trinajstić information content (AvgIpc) is 3.27. The van der Waals surface area contributed by atoms with Crippen LogP contribution in [0.25, 0.3) is 0 Å². The fourth-order valence-electron chi connectivity index (χ4n) is 6.82. The number of benzene rings is 1. The number of hydrogen-bond donors (Lipinski definition) is 16. The Morgan fingerprint density at radius 2 is 1.25 bits per heavy atom. The van der Waals surface area contributed by atoms with Crippen molar-refractivity contribution in [3.05, 3.63) is 35.9 Å². The number of nitrogens with one attached hydrogen (secondary N) is 13. The summed E-state index contributed by atoms with van der Waals surface area (Å²) in [5.41, 5.74) is 16.9. The van der Waals surface area contributed by atoms with Crippen LogP contribution in [0.1, 0.15) is 83.6 Å². The summed E-state index contributed by atoms with van der Waals surface area (Å²) in [5.74, 6) is -8.01. The maximum absolute atomic E-state index is 14.3. The third-order valence-electron chi connectivity index (χ3n) is 10.3. The zero-order valence-corrected chi connectivity index (χ0v) is 38.5. The fourth-order valence-corrected chi connectivity index (χ4v) is 6.82. The molecule has 1 aromatic rings. The van der Waals surface area contributed by atoms with Crippen molar-refractivity contribution in [3.8, 4) is 0 Å². The van der Waals surface area contributed by atoms with Crippen LogP contribution in [0.2, 0.25) is 0 Å². The maximum atomic E-state index is 14.3. The van der Waals surface area contributed by atoms with Crippen LogP contribution in [-0.4, -0.2) is 140 Å². The highest BCUT2D eigenvalue weighted by atomic mass is 16.2.